The largest absolute Gasteiger partial charge is 0.405 e. The minimum atomic E-state index is -0.439. The van der Waals surface area contributed by atoms with Crippen molar-refractivity contribution in [1.29, 1.82) is 0 Å². The summed E-state index contributed by atoms with van der Waals surface area (Å²) >= 11 is 0. The quantitative estimate of drug-likeness (QED) is 0.420. The van der Waals surface area contributed by atoms with Crippen LogP contribution in [0.3, 0.4) is 0 Å². The molecular formula is C17H20N6O. The summed E-state index contributed by atoms with van der Waals surface area (Å²) in [6.45, 7) is 3.74. The number of carbonyl (C=O) groups is 1. The maximum Gasteiger partial charge on any atom is 0.270 e. The number of allylic oxidation sites excluding steroid dienone is 1. The molecule has 1 aliphatic heterocycles. The van der Waals surface area contributed by atoms with E-state index >= 15 is 0 Å². The fourth-order valence-corrected chi connectivity index (χ4v) is 2.07. The molecule has 7 nitrogen and oxygen atoms in total. The highest BCUT2D eigenvalue weighted by Crippen LogP contribution is 2.16. The number of aliphatic imine (C=N–C) groups is 1. The molecule has 0 saturated heterocycles. The Hall–Kier alpha value is -3.35. The van der Waals surface area contributed by atoms with Crippen molar-refractivity contribution < 1.29 is 4.79 Å². The van der Waals surface area contributed by atoms with Crippen molar-refractivity contribution >= 4 is 17.6 Å². The fraction of sp³-hybridized carbons (Fsp3) is 0.118. The third-order valence-corrected chi connectivity index (χ3v) is 3.33. The summed E-state index contributed by atoms with van der Waals surface area (Å²) in [5.41, 5.74) is 16.2. The predicted molar refractivity (Wildman–Crippen MR) is 96.1 cm³/mol. The molecule has 0 unspecified atom stereocenters. The molecule has 1 amide bonds. The highest BCUT2D eigenvalue weighted by Gasteiger charge is 2.19. The fourth-order valence-electron chi connectivity index (χ4n) is 2.07. The average Bonchev–Trinajstić information content (AvgIpc) is 2.88. The number of hydrazone groups is 1. The van der Waals surface area contributed by atoms with E-state index in [0.29, 0.717) is 11.7 Å². The number of hydrogen-bond donors (Lipinski definition) is 3. The van der Waals surface area contributed by atoms with Crippen molar-refractivity contribution in [2.24, 2.45) is 21.6 Å². The number of rotatable bonds is 5. The Morgan fingerprint density at radius 3 is 2.62 bits per heavy atom. The topological polar surface area (TPSA) is 109 Å². The second-order valence-corrected chi connectivity index (χ2v) is 5.27. The number of hydrogen-bond acceptors (Lipinski definition) is 5. The molecule has 1 aliphatic rings. The minimum absolute atomic E-state index is 0.240. The van der Waals surface area contributed by atoms with Crippen LogP contribution in [0.5, 0.6) is 0 Å². The normalized spacial score (nSPS) is 15.3. The standard InChI is InChI=1S/C17H20N6O/c1-11(10-12(8-9-18)23(2)3)17(24)22-21-16-14-7-5-4-6-13(14)15(19)20-16/h4-10H,1,18H2,2-3H3,(H,22,24)(H2,19,20,21)/b9-8-,12-10+. The van der Waals surface area contributed by atoms with Gasteiger partial charge in [0, 0.05) is 36.5 Å². The van der Waals surface area contributed by atoms with Crippen LogP contribution in [0, 0.1) is 0 Å². The first kappa shape index (κ1) is 17.0. The van der Waals surface area contributed by atoms with E-state index in [2.05, 4.69) is 22.1 Å². The molecule has 1 aromatic carbocycles. The van der Waals surface area contributed by atoms with Gasteiger partial charge in [0.05, 0.1) is 0 Å². The van der Waals surface area contributed by atoms with Crippen molar-refractivity contribution in [3.63, 3.8) is 0 Å². The molecule has 0 aromatic heterocycles. The van der Waals surface area contributed by atoms with Gasteiger partial charge in [-0.15, -0.1) is 0 Å². The molecule has 0 fully saturated rings. The van der Waals surface area contributed by atoms with E-state index in [1.807, 2.05) is 43.3 Å². The van der Waals surface area contributed by atoms with E-state index in [1.165, 1.54) is 6.20 Å². The summed E-state index contributed by atoms with van der Waals surface area (Å²) in [7, 11) is 3.67. The first-order valence-electron chi connectivity index (χ1n) is 7.22. The molecule has 0 aliphatic carbocycles. The van der Waals surface area contributed by atoms with Crippen molar-refractivity contribution in [2.45, 2.75) is 0 Å². The second-order valence-electron chi connectivity index (χ2n) is 5.27. The van der Waals surface area contributed by atoms with E-state index < -0.39 is 5.91 Å². The molecule has 1 heterocycles. The molecule has 0 radical (unpaired) electrons. The van der Waals surface area contributed by atoms with E-state index in [1.54, 1.807) is 12.2 Å². The van der Waals surface area contributed by atoms with Crippen molar-refractivity contribution in [1.82, 2.24) is 10.3 Å². The van der Waals surface area contributed by atoms with Gasteiger partial charge in [-0.05, 0) is 18.4 Å². The first-order valence-corrected chi connectivity index (χ1v) is 7.22. The lowest BCUT2D eigenvalue weighted by atomic mass is 10.1. The summed E-state index contributed by atoms with van der Waals surface area (Å²) in [6, 6.07) is 7.41. The Bertz CT molecular complexity index is 786. The van der Waals surface area contributed by atoms with Crippen LogP contribution in [0.4, 0.5) is 0 Å². The van der Waals surface area contributed by atoms with Gasteiger partial charge in [0.2, 0.25) is 0 Å². The number of benzene rings is 1. The van der Waals surface area contributed by atoms with E-state index in [-0.39, 0.29) is 5.57 Å². The van der Waals surface area contributed by atoms with Crippen LogP contribution in [0.15, 0.2) is 70.6 Å². The van der Waals surface area contributed by atoms with Crippen LogP contribution in [0.25, 0.3) is 0 Å². The molecule has 7 heteroatoms. The Morgan fingerprint density at radius 2 is 2.00 bits per heavy atom. The SMILES string of the molecule is C=C(/C=C(\C=C/N)N(C)C)C(=O)N/N=C1\N=C(N)c2ccccc21. The molecule has 5 N–H and O–H groups in total. The highest BCUT2D eigenvalue weighted by molar-refractivity contribution is 6.22. The summed E-state index contributed by atoms with van der Waals surface area (Å²) in [5.74, 6) is 0.300. The Balaban J connectivity index is 2.14. The lowest BCUT2D eigenvalue weighted by molar-refractivity contribution is -0.117. The van der Waals surface area contributed by atoms with Crippen molar-refractivity contribution in [3.05, 3.63) is 71.6 Å². The Morgan fingerprint density at radius 1 is 1.33 bits per heavy atom. The van der Waals surface area contributed by atoms with Gasteiger partial charge < -0.3 is 16.4 Å². The molecule has 0 saturated carbocycles. The van der Waals surface area contributed by atoms with Gasteiger partial charge in [-0.3, -0.25) is 4.79 Å². The van der Waals surface area contributed by atoms with Crippen molar-refractivity contribution in [3.8, 4) is 0 Å². The van der Waals surface area contributed by atoms with Gasteiger partial charge >= 0.3 is 0 Å². The van der Waals surface area contributed by atoms with Crippen LogP contribution < -0.4 is 16.9 Å². The zero-order chi connectivity index (χ0) is 17.7. The smallest absolute Gasteiger partial charge is 0.270 e. The number of likely N-dealkylation sites (N-methyl/N-ethyl adjacent to an activating group) is 1. The molecule has 1 aromatic rings. The van der Waals surface area contributed by atoms with Crippen LogP contribution >= 0.6 is 0 Å². The van der Waals surface area contributed by atoms with Gasteiger partial charge in [0.1, 0.15) is 5.84 Å². The van der Waals surface area contributed by atoms with Crippen LogP contribution in [0.1, 0.15) is 11.1 Å². The number of amidine groups is 2. The van der Waals surface area contributed by atoms with E-state index in [0.717, 1.165) is 16.8 Å². The van der Waals surface area contributed by atoms with Gasteiger partial charge in [-0.2, -0.15) is 5.10 Å². The number of amides is 1. The zero-order valence-electron chi connectivity index (χ0n) is 13.7. The number of nitrogens with two attached hydrogens (primary N) is 2. The van der Waals surface area contributed by atoms with Gasteiger partial charge in [-0.25, -0.2) is 10.4 Å². The lowest BCUT2D eigenvalue weighted by Crippen LogP contribution is -2.21. The number of fused-ring (bicyclic) bond motifs is 1. The maximum atomic E-state index is 12.1. The monoisotopic (exact) mass is 324 g/mol. The summed E-state index contributed by atoms with van der Waals surface area (Å²) in [5, 5.41) is 4.04. The Kier molecular flexibility index (Phi) is 5.16. The second kappa shape index (κ2) is 7.28. The number of nitrogens with one attached hydrogen (secondary N) is 1. The van der Waals surface area contributed by atoms with Gasteiger partial charge in [-0.1, -0.05) is 30.8 Å². The first-order chi connectivity index (χ1) is 11.4. The predicted octanol–water partition coefficient (Wildman–Crippen LogP) is 0.657. The average molecular weight is 324 g/mol. The van der Waals surface area contributed by atoms with E-state index in [9.17, 15) is 4.79 Å². The van der Waals surface area contributed by atoms with Crippen molar-refractivity contribution in [2.75, 3.05) is 14.1 Å². The summed E-state index contributed by atoms with van der Waals surface area (Å²) in [6.07, 6.45) is 4.67. The summed E-state index contributed by atoms with van der Waals surface area (Å²) in [4.78, 5) is 18.1. The lowest BCUT2D eigenvalue weighted by Gasteiger charge is -2.13. The minimum Gasteiger partial charge on any atom is -0.405 e. The molecule has 24 heavy (non-hydrogen) atoms. The van der Waals surface area contributed by atoms with Crippen LogP contribution in [0.2, 0.25) is 0 Å². The summed E-state index contributed by atoms with van der Waals surface area (Å²) < 4.78 is 0. The number of nitrogens with zero attached hydrogens (tertiary/aromatic N) is 3. The number of carbonyl (C=O) groups excluding carboxylic acids is 1. The third-order valence-electron chi connectivity index (χ3n) is 3.33. The zero-order valence-corrected chi connectivity index (χ0v) is 13.7. The van der Waals surface area contributed by atoms with Crippen LogP contribution in [-0.2, 0) is 4.79 Å². The van der Waals surface area contributed by atoms with Gasteiger partial charge in [0.25, 0.3) is 5.91 Å². The third kappa shape index (κ3) is 3.70. The van der Waals surface area contributed by atoms with Crippen LogP contribution in [-0.4, -0.2) is 36.6 Å². The molecule has 124 valence electrons. The highest BCUT2D eigenvalue weighted by atomic mass is 16.2. The Labute approximate surface area is 140 Å². The van der Waals surface area contributed by atoms with Gasteiger partial charge in [0.15, 0.2) is 5.84 Å². The molecular weight excluding hydrogens is 304 g/mol. The molecule has 0 spiro atoms. The molecule has 0 bridgehead atoms. The molecule has 0 atom stereocenters. The molecule has 2 rings (SSSR count). The maximum absolute atomic E-state index is 12.1. The van der Waals surface area contributed by atoms with E-state index in [4.69, 9.17) is 11.5 Å².